The molecule has 3 N–H and O–H groups in total. The molecule has 114 valence electrons. The third-order valence-electron chi connectivity index (χ3n) is 3.42. The van der Waals surface area contributed by atoms with Crippen molar-refractivity contribution in [3.63, 3.8) is 0 Å². The van der Waals surface area contributed by atoms with Gasteiger partial charge in [-0.25, -0.2) is 0 Å². The van der Waals surface area contributed by atoms with Gasteiger partial charge in [0.2, 0.25) is 0 Å². The molecule has 0 aliphatic carbocycles. The van der Waals surface area contributed by atoms with Crippen molar-refractivity contribution in [1.29, 1.82) is 0 Å². The normalized spacial score (nSPS) is 10.8. The number of aryl methyl sites for hydroxylation is 1. The Labute approximate surface area is 123 Å². The van der Waals surface area contributed by atoms with Crippen LogP contribution in [0.2, 0.25) is 0 Å². The first-order valence-electron chi connectivity index (χ1n) is 6.76. The van der Waals surface area contributed by atoms with Crippen molar-refractivity contribution < 1.29 is 19.4 Å². The van der Waals surface area contributed by atoms with Crippen molar-refractivity contribution in [2.45, 2.75) is 19.4 Å². The second-order valence-corrected chi connectivity index (χ2v) is 4.79. The molecular weight excluding hydrogens is 272 g/mol. The molecule has 0 amide bonds. The number of hydrogen-bond acceptors (Lipinski definition) is 4. The average molecular weight is 292 g/mol. The SMILES string of the molecule is COc1cc2c(CCCN)cn(CC(=O)O)c2cc1OC. The summed E-state index contributed by atoms with van der Waals surface area (Å²) in [5.41, 5.74) is 7.45. The van der Waals surface area contributed by atoms with Crippen LogP contribution in [-0.4, -0.2) is 36.4 Å². The number of carboxylic acids is 1. The molecule has 2 aromatic rings. The summed E-state index contributed by atoms with van der Waals surface area (Å²) in [6.45, 7) is 0.507. The van der Waals surface area contributed by atoms with Crippen molar-refractivity contribution in [2.75, 3.05) is 20.8 Å². The highest BCUT2D eigenvalue weighted by molar-refractivity contribution is 5.88. The van der Waals surface area contributed by atoms with Crippen LogP contribution in [0.15, 0.2) is 18.3 Å². The lowest BCUT2D eigenvalue weighted by molar-refractivity contribution is -0.137. The molecule has 0 fully saturated rings. The highest BCUT2D eigenvalue weighted by Gasteiger charge is 2.15. The molecule has 6 heteroatoms. The Hall–Kier alpha value is -2.21. The number of nitrogens with two attached hydrogens (primary N) is 1. The van der Waals surface area contributed by atoms with Crippen LogP contribution >= 0.6 is 0 Å². The summed E-state index contributed by atoms with van der Waals surface area (Å²) in [5, 5.41) is 10.0. The molecule has 0 unspecified atom stereocenters. The van der Waals surface area contributed by atoms with E-state index in [4.69, 9.17) is 20.3 Å². The van der Waals surface area contributed by atoms with Crippen molar-refractivity contribution in [3.8, 4) is 11.5 Å². The van der Waals surface area contributed by atoms with Crippen molar-refractivity contribution in [3.05, 3.63) is 23.9 Å². The fourth-order valence-corrected chi connectivity index (χ4v) is 2.46. The molecule has 0 aliphatic heterocycles. The summed E-state index contributed by atoms with van der Waals surface area (Å²) < 4.78 is 12.3. The molecule has 0 spiro atoms. The maximum atomic E-state index is 11.0. The topological polar surface area (TPSA) is 86.7 Å². The zero-order valence-electron chi connectivity index (χ0n) is 12.3. The van der Waals surface area contributed by atoms with Crippen LogP contribution in [0.1, 0.15) is 12.0 Å². The molecular formula is C15H20N2O4. The van der Waals surface area contributed by atoms with E-state index in [1.165, 1.54) is 0 Å². The summed E-state index contributed by atoms with van der Waals surface area (Å²) in [6.07, 6.45) is 3.52. The molecule has 1 heterocycles. The van der Waals surface area contributed by atoms with Crippen molar-refractivity contribution in [2.24, 2.45) is 5.73 Å². The summed E-state index contributed by atoms with van der Waals surface area (Å²) in [6, 6.07) is 3.70. The van der Waals surface area contributed by atoms with E-state index in [0.717, 1.165) is 29.3 Å². The van der Waals surface area contributed by atoms with Gasteiger partial charge in [-0.05, 0) is 31.0 Å². The number of ether oxygens (including phenoxy) is 2. The average Bonchev–Trinajstić information content (AvgIpc) is 2.80. The van der Waals surface area contributed by atoms with Crippen LogP contribution in [0.3, 0.4) is 0 Å². The monoisotopic (exact) mass is 292 g/mol. The Kier molecular flexibility index (Phi) is 4.70. The number of nitrogens with zero attached hydrogens (tertiary/aromatic N) is 1. The lowest BCUT2D eigenvalue weighted by Gasteiger charge is -2.09. The van der Waals surface area contributed by atoms with Crippen molar-refractivity contribution >= 4 is 16.9 Å². The lowest BCUT2D eigenvalue weighted by Crippen LogP contribution is -2.07. The maximum absolute atomic E-state index is 11.0. The van der Waals surface area contributed by atoms with Crippen LogP contribution in [0, 0.1) is 0 Å². The molecule has 0 aliphatic rings. The zero-order valence-corrected chi connectivity index (χ0v) is 12.3. The van der Waals surface area contributed by atoms with E-state index in [9.17, 15) is 4.79 Å². The molecule has 0 radical (unpaired) electrons. The quantitative estimate of drug-likeness (QED) is 0.810. The van der Waals surface area contributed by atoms with E-state index < -0.39 is 5.97 Å². The van der Waals surface area contributed by atoms with Gasteiger partial charge in [-0.1, -0.05) is 0 Å². The van der Waals surface area contributed by atoms with Crippen LogP contribution in [-0.2, 0) is 17.8 Å². The molecule has 21 heavy (non-hydrogen) atoms. The van der Waals surface area contributed by atoms with Gasteiger partial charge in [0.05, 0.1) is 19.7 Å². The first-order chi connectivity index (χ1) is 10.1. The Bertz CT molecular complexity index is 649. The number of benzene rings is 1. The molecule has 1 aromatic heterocycles. The lowest BCUT2D eigenvalue weighted by atomic mass is 10.1. The van der Waals surface area contributed by atoms with Gasteiger partial charge in [-0.3, -0.25) is 4.79 Å². The highest BCUT2D eigenvalue weighted by atomic mass is 16.5. The van der Waals surface area contributed by atoms with Crippen molar-refractivity contribution in [1.82, 2.24) is 4.57 Å². The Morgan fingerprint density at radius 2 is 1.95 bits per heavy atom. The standard InChI is InChI=1S/C15H20N2O4/c1-20-13-6-11-10(4-3-5-16)8-17(9-15(18)19)12(11)7-14(13)21-2/h6-8H,3-5,9,16H2,1-2H3,(H,18,19). The molecule has 2 rings (SSSR count). The van der Waals surface area contributed by atoms with Gasteiger partial charge in [0.25, 0.3) is 0 Å². The highest BCUT2D eigenvalue weighted by Crippen LogP contribution is 2.35. The Morgan fingerprint density at radius 1 is 1.29 bits per heavy atom. The number of methoxy groups -OCH3 is 2. The van der Waals surface area contributed by atoms with Gasteiger partial charge in [0.15, 0.2) is 11.5 Å². The number of rotatable bonds is 7. The molecule has 1 aromatic carbocycles. The number of aromatic nitrogens is 1. The summed E-state index contributed by atoms with van der Waals surface area (Å²) >= 11 is 0. The predicted octanol–water partition coefficient (Wildman–Crippen LogP) is 1.63. The summed E-state index contributed by atoms with van der Waals surface area (Å²) in [7, 11) is 3.14. The number of hydrogen-bond donors (Lipinski definition) is 2. The van der Waals surface area contributed by atoms with E-state index in [1.807, 2.05) is 18.3 Å². The van der Waals surface area contributed by atoms with Crippen LogP contribution in [0.5, 0.6) is 11.5 Å². The molecule has 6 nitrogen and oxygen atoms in total. The first-order valence-corrected chi connectivity index (χ1v) is 6.76. The number of carbonyl (C=O) groups is 1. The van der Waals surface area contributed by atoms with E-state index in [1.54, 1.807) is 18.8 Å². The second kappa shape index (κ2) is 6.49. The van der Waals surface area contributed by atoms with Gasteiger partial charge < -0.3 is 24.9 Å². The minimum atomic E-state index is -0.882. The summed E-state index contributed by atoms with van der Waals surface area (Å²) in [5.74, 6) is 0.333. The van der Waals surface area contributed by atoms with E-state index in [0.29, 0.717) is 18.0 Å². The maximum Gasteiger partial charge on any atom is 0.323 e. The number of fused-ring (bicyclic) bond motifs is 1. The third-order valence-corrected chi connectivity index (χ3v) is 3.42. The van der Waals surface area contributed by atoms with Gasteiger partial charge >= 0.3 is 5.97 Å². The Morgan fingerprint density at radius 3 is 2.52 bits per heavy atom. The minimum Gasteiger partial charge on any atom is -0.493 e. The van der Waals surface area contributed by atoms with Crippen LogP contribution < -0.4 is 15.2 Å². The first kappa shape index (κ1) is 15.2. The van der Waals surface area contributed by atoms with Gasteiger partial charge in [0, 0.05) is 17.6 Å². The number of aliphatic carboxylic acids is 1. The fourth-order valence-electron chi connectivity index (χ4n) is 2.46. The predicted molar refractivity (Wildman–Crippen MR) is 80.1 cm³/mol. The second-order valence-electron chi connectivity index (χ2n) is 4.79. The van der Waals surface area contributed by atoms with Gasteiger partial charge in [0.1, 0.15) is 6.54 Å². The van der Waals surface area contributed by atoms with Gasteiger partial charge in [-0.15, -0.1) is 0 Å². The van der Waals surface area contributed by atoms with E-state index >= 15 is 0 Å². The smallest absolute Gasteiger partial charge is 0.323 e. The zero-order chi connectivity index (χ0) is 15.4. The van der Waals surface area contributed by atoms with E-state index in [-0.39, 0.29) is 6.54 Å². The fraction of sp³-hybridized carbons (Fsp3) is 0.400. The molecule has 0 atom stereocenters. The largest absolute Gasteiger partial charge is 0.493 e. The molecule has 0 saturated carbocycles. The molecule has 0 saturated heterocycles. The van der Waals surface area contributed by atoms with Crippen LogP contribution in [0.25, 0.3) is 10.9 Å². The van der Waals surface area contributed by atoms with Gasteiger partial charge in [-0.2, -0.15) is 0 Å². The Balaban J connectivity index is 2.59. The molecule has 0 bridgehead atoms. The summed E-state index contributed by atoms with van der Waals surface area (Å²) in [4.78, 5) is 11.0. The number of carboxylic acid groups (broad SMARTS) is 1. The van der Waals surface area contributed by atoms with Crippen LogP contribution in [0.4, 0.5) is 0 Å². The van der Waals surface area contributed by atoms with E-state index in [2.05, 4.69) is 0 Å². The minimum absolute atomic E-state index is 0.0887. The third kappa shape index (κ3) is 3.11.